The molecule has 1 heterocycles. The lowest BCUT2D eigenvalue weighted by Gasteiger charge is -2.07. The summed E-state index contributed by atoms with van der Waals surface area (Å²) in [5.74, 6) is 0.855. The molecule has 0 saturated heterocycles. The van der Waals surface area contributed by atoms with Gasteiger partial charge in [0.1, 0.15) is 23.9 Å². The zero-order valence-corrected chi connectivity index (χ0v) is 13.6. The van der Waals surface area contributed by atoms with Crippen molar-refractivity contribution < 1.29 is 18.2 Å². The number of rotatable bonds is 7. The van der Waals surface area contributed by atoms with Gasteiger partial charge in [-0.05, 0) is 37.3 Å². The molecule has 0 spiro atoms. The van der Waals surface area contributed by atoms with Crippen molar-refractivity contribution in [1.82, 2.24) is 5.32 Å². The average Bonchev–Trinajstić information content (AvgIpc) is 2.92. The smallest absolute Gasteiger partial charge is 0.233 e. The molecule has 22 heavy (non-hydrogen) atoms. The fourth-order valence-corrected chi connectivity index (χ4v) is 2.95. The molecule has 118 valence electrons. The first-order valence-corrected chi connectivity index (χ1v) is 8.33. The fourth-order valence-electron chi connectivity index (χ4n) is 1.75. The van der Waals surface area contributed by atoms with Gasteiger partial charge in [0.25, 0.3) is 0 Å². The Morgan fingerprint density at radius 2 is 2.05 bits per heavy atom. The van der Waals surface area contributed by atoms with E-state index in [1.807, 2.05) is 0 Å². The number of aryl methyl sites for hydroxylation is 1. The van der Waals surface area contributed by atoms with E-state index >= 15 is 0 Å². The zero-order valence-electron chi connectivity index (χ0n) is 12.0. The minimum absolute atomic E-state index is 0.0959. The number of carbonyl (C=O) groups excluding carboxylic acids is 1. The van der Waals surface area contributed by atoms with Gasteiger partial charge >= 0.3 is 0 Å². The van der Waals surface area contributed by atoms with E-state index in [-0.39, 0.29) is 11.7 Å². The lowest BCUT2D eigenvalue weighted by molar-refractivity contribution is -0.118. The largest absolute Gasteiger partial charge is 0.492 e. The Balaban J connectivity index is 1.69. The maximum Gasteiger partial charge on any atom is 0.233 e. The molecule has 0 aliphatic carbocycles. The highest BCUT2D eigenvalue weighted by Gasteiger charge is 2.13. The highest BCUT2D eigenvalue weighted by atomic mass is 35.5. The molecule has 2 aromatic rings. The molecule has 1 aromatic carbocycles. The topological polar surface area (TPSA) is 68.5 Å². The standard InChI is InChI=1S/C15H16ClNO4S/c1-11-14(6-8-20-11)22(19)10-15(18)17-7-9-21-13-4-2-12(16)3-5-13/h2-6,8H,7,9-10H2,1H3,(H,17,18)/t22-/m0/s1. The molecule has 0 aliphatic rings. The summed E-state index contributed by atoms with van der Waals surface area (Å²) < 4.78 is 22.5. The Morgan fingerprint density at radius 3 is 2.68 bits per heavy atom. The average molecular weight is 342 g/mol. The van der Waals surface area contributed by atoms with Crippen molar-refractivity contribution in [3.05, 3.63) is 47.4 Å². The van der Waals surface area contributed by atoms with E-state index in [0.29, 0.717) is 34.6 Å². The summed E-state index contributed by atoms with van der Waals surface area (Å²) in [6, 6.07) is 8.57. The minimum atomic E-state index is -1.40. The minimum Gasteiger partial charge on any atom is -0.492 e. The molecule has 1 atom stereocenters. The maximum absolute atomic E-state index is 12.0. The molecule has 0 fully saturated rings. The monoisotopic (exact) mass is 341 g/mol. The van der Waals surface area contributed by atoms with Crippen molar-refractivity contribution in [2.75, 3.05) is 18.9 Å². The predicted octanol–water partition coefficient (Wildman–Crippen LogP) is 2.54. The summed E-state index contributed by atoms with van der Waals surface area (Å²) in [5.41, 5.74) is 0. The van der Waals surface area contributed by atoms with Crippen LogP contribution in [-0.4, -0.2) is 29.0 Å². The van der Waals surface area contributed by atoms with Gasteiger partial charge in [-0.25, -0.2) is 0 Å². The Bertz CT molecular complexity index is 654. The molecule has 1 amide bonds. The second-order valence-corrected chi connectivity index (χ2v) is 6.34. The summed E-state index contributed by atoms with van der Waals surface area (Å²) in [5, 5.41) is 3.30. The van der Waals surface area contributed by atoms with Crippen LogP contribution in [0, 0.1) is 6.92 Å². The number of halogens is 1. The van der Waals surface area contributed by atoms with Crippen LogP contribution in [0.2, 0.25) is 5.02 Å². The third kappa shape index (κ3) is 4.89. The summed E-state index contributed by atoms with van der Waals surface area (Å²) >= 11 is 5.77. The van der Waals surface area contributed by atoms with Gasteiger partial charge in [0.05, 0.1) is 28.5 Å². The number of benzene rings is 1. The van der Waals surface area contributed by atoms with Crippen molar-refractivity contribution in [3.8, 4) is 5.75 Å². The van der Waals surface area contributed by atoms with Gasteiger partial charge in [0.15, 0.2) is 0 Å². The van der Waals surface area contributed by atoms with E-state index in [1.165, 1.54) is 6.26 Å². The molecule has 0 saturated carbocycles. The van der Waals surface area contributed by atoms with Gasteiger partial charge in [-0.2, -0.15) is 0 Å². The van der Waals surface area contributed by atoms with Gasteiger partial charge in [-0.15, -0.1) is 0 Å². The molecule has 0 radical (unpaired) electrons. The third-order valence-electron chi connectivity index (χ3n) is 2.83. The van der Waals surface area contributed by atoms with Crippen molar-refractivity contribution in [1.29, 1.82) is 0 Å². The van der Waals surface area contributed by atoms with Gasteiger partial charge in [0.2, 0.25) is 5.91 Å². The summed E-state index contributed by atoms with van der Waals surface area (Å²) in [6.07, 6.45) is 1.46. The molecular weight excluding hydrogens is 326 g/mol. The molecular formula is C15H16ClNO4S. The second kappa shape index (κ2) is 8.00. The Labute approximate surface area is 136 Å². The van der Waals surface area contributed by atoms with Crippen LogP contribution in [0.5, 0.6) is 5.75 Å². The van der Waals surface area contributed by atoms with Crippen LogP contribution in [0.1, 0.15) is 5.76 Å². The highest BCUT2D eigenvalue weighted by Crippen LogP contribution is 2.15. The third-order valence-corrected chi connectivity index (χ3v) is 4.52. The molecule has 2 rings (SSSR count). The number of ether oxygens (including phenoxy) is 1. The summed E-state index contributed by atoms with van der Waals surface area (Å²) in [4.78, 5) is 12.3. The SMILES string of the molecule is Cc1occc1[S@@](=O)CC(=O)NCCOc1ccc(Cl)cc1. The Morgan fingerprint density at radius 1 is 1.32 bits per heavy atom. The van der Waals surface area contributed by atoms with Crippen LogP contribution in [-0.2, 0) is 15.6 Å². The summed E-state index contributed by atoms with van der Waals surface area (Å²) in [7, 11) is -1.40. The zero-order chi connectivity index (χ0) is 15.9. The number of hydrogen-bond donors (Lipinski definition) is 1. The quantitative estimate of drug-likeness (QED) is 0.786. The molecule has 0 unspecified atom stereocenters. The van der Waals surface area contributed by atoms with E-state index in [0.717, 1.165) is 0 Å². The highest BCUT2D eigenvalue weighted by molar-refractivity contribution is 7.85. The van der Waals surface area contributed by atoms with E-state index < -0.39 is 10.8 Å². The number of carbonyl (C=O) groups is 1. The van der Waals surface area contributed by atoms with Gasteiger partial charge in [0, 0.05) is 5.02 Å². The molecule has 0 bridgehead atoms. The van der Waals surface area contributed by atoms with Crippen LogP contribution in [0.4, 0.5) is 0 Å². The second-order valence-electron chi connectivity index (χ2n) is 4.48. The number of nitrogens with one attached hydrogen (secondary N) is 1. The normalized spacial score (nSPS) is 11.9. The number of furan rings is 1. The maximum atomic E-state index is 12.0. The van der Waals surface area contributed by atoms with Crippen LogP contribution >= 0.6 is 11.6 Å². The van der Waals surface area contributed by atoms with Crippen molar-refractivity contribution in [2.45, 2.75) is 11.8 Å². The van der Waals surface area contributed by atoms with Gasteiger partial charge in [-0.3, -0.25) is 9.00 Å². The molecule has 1 N–H and O–H groups in total. The molecule has 1 aromatic heterocycles. The van der Waals surface area contributed by atoms with Gasteiger partial charge < -0.3 is 14.5 Å². The molecule has 0 aliphatic heterocycles. The lowest BCUT2D eigenvalue weighted by Crippen LogP contribution is -2.31. The Hall–Kier alpha value is -1.79. The Kier molecular flexibility index (Phi) is 6.03. The number of amides is 1. The van der Waals surface area contributed by atoms with Crippen LogP contribution in [0.15, 0.2) is 45.9 Å². The fraction of sp³-hybridized carbons (Fsp3) is 0.267. The van der Waals surface area contributed by atoms with E-state index in [9.17, 15) is 9.00 Å². The van der Waals surface area contributed by atoms with E-state index in [4.69, 9.17) is 20.8 Å². The number of hydrogen-bond acceptors (Lipinski definition) is 4. The summed E-state index contributed by atoms with van der Waals surface area (Å²) in [6.45, 7) is 2.37. The van der Waals surface area contributed by atoms with E-state index in [2.05, 4.69) is 5.32 Å². The van der Waals surface area contributed by atoms with Crippen LogP contribution < -0.4 is 10.1 Å². The molecule has 7 heteroatoms. The first-order valence-electron chi connectivity index (χ1n) is 6.64. The van der Waals surface area contributed by atoms with E-state index in [1.54, 1.807) is 37.3 Å². The van der Waals surface area contributed by atoms with Crippen molar-refractivity contribution in [2.24, 2.45) is 0 Å². The van der Waals surface area contributed by atoms with Gasteiger partial charge in [-0.1, -0.05) is 11.6 Å². The van der Waals surface area contributed by atoms with Crippen molar-refractivity contribution in [3.63, 3.8) is 0 Å². The van der Waals surface area contributed by atoms with Crippen LogP contribution in [0.3, 0.4) is 0 Å². The molecule has 5 nitrogen and oxygen atoms in total. The lowest BCUT2D eigenvalue weighted by atomic mass is 10.3. The predicted molar refractivity (Wildman–Crippen MR) is 84.7 cm³/mol. The first-order chi connectivity index (χ1) is 10.6. The van der Waals surface area contributed by atoms with Crippen LogP contribution in [0.25, 0.3) is 0 Å². The van der Waals surface area contributed by atoms with Crippen molar-refractivity contribution >= 4 is 28.3 Å². The first kappa shape index (κ1) is 16.6.